The zero-order valence-corrected chi connectivity index (χ0v) is 11.5. The molecule has 3 rings (SSSR count). The van der Waals surface area contributed by atoms with Gasteiger partial charge in [0, 0.05) is 45.4 Å². The molecule has 1 aliphatic rings. The van der Waals surface area contributed by atoms with Crippen molar-refractivity contribution in [1.82, 2.24) is 20.2 Å². The molecule has 8 heteroatoms. The van der Waals surface area contributed by atoms with E-state index in [1.54, 1.807) is 26.3 Å². The molecule has 1 fully saturated rings. The van der Waals surface area contributed by atoms with Crippen molar-refractivity contribution in [3.8, 4) is 5.88 Å². The lowest BCUT2D eigenvalue weighted by Gasteiger charge is -2.33. The molecule has 0 aliphatic carbocycles. The van der Waals surface area contributed by atoms with Crippen LogP contribution in [0, 0.1) is 6.92 Å². The van der Waals surface area contributed by atoms with Gasteiger partial charge in [0.2, 0.25) is 17.7 Å². The van der Waals surface area contributed by atoms with Crippen molar-refractivity contribution in [2.24, 2.45) is 0 Å². The number of aryl methyl sites for hydroxylation is 1. The number of anilines is 2. The highest BCUT2D eigenvalue weighted by Gasteiger charge is 2.22. The summed E-state index contributed by atoms with van der Waals surface area (Å²) in [7, 11) is 1.60. The Hall–Kier alpha value is -2.38. The van der Waals surface area contributed by atoms with Crippen LogP contribution in [0.1, 0.15) is 5.89 Å². The first-order chi connectivity index (χ1) is 9.76. The number of hydrogen-bond donors (Lipinski definition) is 0. The van der Waals surface area contributed by atoms with Crippen LogP contribution in [0.2, 0.25) is 0 Å². The Morgan fingerprint density at radius 1 is 1.15 bits per heavy atom. The third-order valence-corrected chi connectivity index (χ3v) is 3.17. The van der Waals surface area contributed by atoms with Crippen molar-refractivity contribution in [3.63, 3.8) is 0 Å². The van der Waals surface area contributed by atoms with Gasteiger partial charge in [-0.3, -0.25) is 0 Å². The molecule has 2 aromatic heterocycles. The van der Waals surface area contributed by atoms with Crippen LogP contribution in [0.3, 0.4) is 0 Å². The number of hydrogen-bond acceptors (Lipinski definition) is 8. The Morgan fingerprint density at radius 3 is 2.55 bits per heavy atom. The van der Waals surface area contributed by atoms with E-state index >= 15 is 0 Å². The Kier molecular flexibility index (Phi) is 3.36. The summed E-state index contributed by atoms with van der Waals surface area (Å²) in [5.41, 5.74) is 0. The third-order valence-electron chi connectivity index (χ3n) is 3.17. The highest BCUT2D eigenvalue weighted by Crippen LogP contribution is 2.18. The molecule has 2 aromatic rings. The summed E-state index contributed by atoms with van der Waals surface area (Å²) < 4.78 is 10.6. The number of nitrogens with zero attached hydrogens (tertiary/aromatic N) is 6. The Bertz CT molecular complexity index is 579. The number of ether oxygens (including phenoxy) is 1. The molecule has 0 bridgehead atoms. The minimum atomic E-state index is 0.574. The third kappa shape index (κ3) is 2.49. The van der Waals surface area contributed by atoms with Gasteiger partial charge in [0.25, 0.3) is 0 Å². The van der Waals surface area contributed by atoms with Crippen molar-refractivity contribution >= 4 is 12.0 Å². The minimum absolute atomic E-state index is 0.574. The van der Waals surface area contributed by atoms with Crippen molar-refractivity contribution in [2.45, 2.75) is 6.92 Å². The predicted molar refractivity (Wildman–Crippen MR) is 72.0 cm³/mol. The molecule has 1 saturated heterocycles. The Labute approximate surface area is 116 Å². The van der Waals surface area contributed by atoms with Crippen LogP contribution in [0.4, 0.5) is 12.0 Å². The van der Waals surface area contributed by atoms with E-state index < -0.39 is 0 Å². The van der Waals surface area contributed by atoms with E-state index in [2.05, 4.69) is 30.0 Å². The fourth-order valence-corrected chi connectivity index (χ4v) is 2.11. The van der Waals surface area contributed by atoms with Crippen LogP contribution >= 0.6 is 0 Å². The van der Waals surface area contributed by atoms with E-state index in [0.29, 0.717) is 23.7 Å². The van der Waals surface area contributed by atoms with Crippen LogP contribution in [0.5, 0.6) is 5.88 Å². The molecule has 1 aliphatic heterocycles. The topological polar surface area (TPSA) is 80.4 Å². The Balaban J connectivity index is 1.66. The second kappa shape index (κ2) is 5.32. The van der Waals surface area contributed by atoms with Gasteiger partial charge in [0.05, 0.1) is 7.11 Å². The molecule has 3 heterocycles. The summed E-state index contributed by atoms with van der Waals surface area (Å²) >= 11 is 0. The lowest BCUT2D eigenvalue weighted by Crippen LogP contribution is -2.47. The van der Waals surface area contributed by atoms with Crippen molar-refractivity contribution in [1.29, 1.82) is 0 Å². The van der Waals surface area contributed by atoms with E-state index in [0.717, 1.165) is 26.2 Å². The van der Waals surface area contributed by atoms with Gasteiger partial charge in [-0.05, 0) is 0 Å². The molecule has 0 saturated carbocycles. The first-order valence-corrected chi connectivity index (χ1v) is 6.43. The number of rotatable bonds is 3. The summed E-state index contributed by atoms with van der Waals surface area (Å²) in [5, 5.41) is 7.88. The summed E-state index contributed by atoms with van der Waals surface area (Å²) in [6.07, 6.45) is 1.70. The normalized spacial score (nSPS) is 15.5. The average Bonchev–Trinajstić information content (AvgIpc) is 2.94. The van der Waals surface area contributed by atoms with Crippen LogP contribution in [-0.2, 0) is 0 Å². The highest BCUT2D eigenvalue weighted by atomic mass is 16.5. The van der Waals surface area contributed by atoms with Crippen LogP contribution in [0.25, 0.3) is 0 Å². The maximum absolute atomic E-state index is 5.43. The molecule has 106 valence electrons. The second-order valence-electron chi connectivity index (χ2n) is 4.48. The molecule has 0 amide bonds. The first kappa shape index (κ1) is 12.6. The number of methoxy groups -OCH3 is 1. The van der Waals surface area contributed by atoms with Gasteiger partial charge in [-0.25, -0.2) is 4.98 Å². The lowest BCUT2D eigenvalue weighted by atomic mass is 10.3. The molecule has 0 spiro atoms. The van der Waals surface area contributed by atoms with Gasteiger partial charge in [-0.2, -0.15) is 4.98 Å². The fraction of sp³-hybridized carbons (Fsp3) is 0.500. The van der Waals surface area contributed by atoms with Gasteiger partial charge in [0.15, 0.2) is 0 Å². The highest BCUT2D eigenvalue weighted by molar-refractivity contribution is 5.36. The average molecular weight is 276 g/mol. The zero-order valence-electron chi connectivity index (χ0n) is 11.5. The van der Waals surface area contributed by atoms with Crippen LogP contribution in [-0.4, -0.2) is 53.5 Å². The predicted octanol–water partition coefficient (Wildman–Crippen LogP) is 0.503. The second-order valence-corrected chi connectivity index (χ2v) is 4.48. The summed E-state index contributed by atoms with van der Waals surface area (Å²) in [6.45, 7) is 4.98. The minimum Gasteiger partial charge on any atom is -0.481 e. The van der Waals surface area contributed by atoms with Crippen LogP contribution in [0.15, 0.2) is 16.7 Å². The molecule has 20 heavy (non-hydrogen) atoms. The number of aromatic nitrogens is 4. The molecule has 0 atom stereocenters. The van der Waals surface area contributed by atoms with E-state index in [1.807, 2.05) is 0 Å². The van der Waals surface area contributed by atoms with Crippen molar-refractivity contribution in [3.05, 3.63) is 18.2 Å². The molecule has 8 nitrogen and oxygen atoms in total. The summed E-state index contributed by atoms with van der Waals surface area (Å²) in [4.78, 5) is 12.8. The van der Waals surface area contributed by atoms with Crippen molar-refractivity contribution in [2.75, 3.05) is 43.1 Å². The van der Waals surface area contributed by atoms with Gasteiger partial charge in [-0.1, -0.05) is 5.10 Å². The van der Waals surface area contributed by atoms with E-state index in [1.165, 1.54) is 0 Å². The largest absolute Gasteiger partial charge is 0.481 e. The van der Waals surface area contributed by atoms with Crippen LogP contribution < -0.4 is 14.5 Å². The van der Waals surface area contributed by atoms with E-state index in [-0.39, 0.29) is 0 Å². The van der Waals surface area contributed by atoms with Gasteiger partial charge >= 0.3 is 6.01 Å². The SMILES string of the molecule is COc1ccnc(N2CCN(c3nnc(C)o3)CC2)n1. The maximum Gasteiger partial charge on any atom is 0.318 e. The molecule has 0 aromatic carbocycles. The number of piperazine rings is 1. The first-order valence-electron chi connectivity index (χ1n) is 6.43. The lowest BCUT2D eigenvalue weighted by molar-refractivity contribution is 0.396. The molecule has 0 N–H and O–H groups in total. The summed E-state index contributed by atoms with van der Waals surface area (Å²) in [6, 6.07) is 2.31. The maximum atomic E-state index is 5.43. The standard InChI is InChI=1S/C12H16N6O2/c1-9-15-16-12(20-9)18-7-5-17(6-8-18)11-13-4-3-10(14-11)19-2/h3-4H,5-8H2,1-2H3. The molecular weight excluding hydrogens is 260 g/mol. The van der Waals surface area contributed by atoms with Gasteiger partial charge in [0.1, 0.15) is 0 Å². The quantitative estimate of drug-likeness (QED) is 0.802. The van der Waals surface area contributed by atoms with E-state index in [4.69, 9.17) is 9.15 Å². The smallest absolute Gasteiger partial charge is 0.318 e. The molecule has 0 unspecified atom stereocenters. The zero-order chi connectivity index (χ0) is 13.9. The van der Waals surface area contributed by atoms with Gasteiger partial charge in [-0.15, -0.1) is 5.10 Å². The Morgan fingerprint density at radius 2 is 1.90 bits per heavy atom. The fourth-order valence-electron chi connectivity index (χ4n) is 2.11. The monoisotopic (exact) mass is 276 g/mol. The molecular formula is C12H16N6O2. The molecule has 0 radical (unpaired) electrons. The van der Waals surface area contributed by atoms with Crippen molar-refractivity contribution < 1.29 is 9.15 Å². The summed E-state index contributed by atoms with van der Waals surface area (Å²) in [5.74, 6) is 1.84. The van der Waals surface area contributed by atoms with Gasteiger partial charge < -0.3 is 19.0 Å². The van der Waals surface area contributed by atoms with E-state index in [9.17, 15) is 0 Å².